The van der Waals surface area contributed by atoms with Crippen LogP contribution in [0.25, 0.3) is 11.1 Å². The molecule has 18 heavy (non-hydrogen) atoms. The minimum atomic E-state index is 0.230. The van der Waals surface area contributed by atoms with Gasteiger partial charge in [0, 0.05) is 27.6 Å². The number of hydrogen-bond donors (Lipinski definition) is 0. The number of rotatable bonds is 1. The fourth-order valence-corrected chi connectivity index (χ4v) is 2.74. The molecule has 0 aromatic heterocycles. The molecule has 3 heteroatoms. The van der Waals surface area contributed by atoms with Gasteiger partial charge in [-0.1, -0.05) is 41.4 Å². The van der Waals surface area contributed by atoms with Gasteiger partial charge >= 0.3 is 0 Å². The van der Waals surface area contributed by atoms with Gasteiger partial charge in [0.25, 0.3) is 0 Å². The zero-order chi connectivity index (χ0) is 12.7. The Morgan fingerprint density at radius 2 is 1.72 bits per heavy atom. The first-order valence-electron chi connectivity index (χ1n) is 5.77. The molecule has 2 aromatic rings. The molecule has 0 fully saturated rings. The summed E-state index contributed by atoms with van der Waals surface area (Å²) in [7, 11) is 0. The first-order chi connectivity index (χ1) is 8.65. The summed E-state index contributed by atoms with van der Waals surface area (Å²) >= 11 is 12.2. The van der Waals surface area contributed by atoms with E-state index in [2.05, 4.69) is 0 Å². The van der Waals surface area contributed by atoms with Crippen molar-refractivity contribution in [3.8, 4) is 11.1 Å². The summed E-state index contributed by atoms with van der Waals surface area (Å²) in [5.74, 6) is 0.230. The van der Waals surface area contributed by atoms with Gasteiger partial charge in [-0.05, 0) is 35.7 Å². The molecule has 0 saturated carbocycles. The summed E-state index contributed by atoms with van der Waals surface area (Å²) in [4.78, 5) is 11.6. The molecule has 0 aliphatic heterocycles. The molecule has 3 rings (SSSR count). The zero-order valence-corrected chi connectivity index (χ0v) is 11.1. The number of hydrogen-bond acceptors (Lipinski definition) is 1. The SMILES string of the molecule is O=C1CCc2cc(-c3cc(Cl)ccc3Cl)ccc21. The van der Waals surface area contributed by atoms with E-state index in [4.69, 9.17) is 23.2 Å². The van der Waals surface area contributed by atoms with Crippen molar-refractivity contribution in [3.63, 3.8) is 0 Å². The van der Waals surface area contributed by atoms with Crippen molar-refractivity contribution >= 4 is 29.0 Å². The smallest absolute Gasteiger partial charge is 0.163 e. The maximum absolute atomic E-state index is 11.6. The Labute approximate surface area is 115 Å². The largest absolute Gasteiger partial charge is 0.294 e. The van der Waals surface area contributed by atoms with Crippen LogP contribution >= 0.6 is 23.2 Å². The molecule has 0 unspecified atom stereocenters. The number of ketones is 1. The number of fused-ring (bicyclic) bond motifs is 1. The van der Waals surface area contributed by atoms with Gasteiger partial charge in [0.05, 0.1) is 0 Å². The molecule has 0 N–H and O–H groups in total. The highest BCUT2D eigenvalue weighted by Gasteiger charge is 2.19. The molecule has 2 aromatic carbocycles. The molecular formula is C15H10Cl2O. The van der Waals surface area contributed by atoms with E-state index >= 15 is 0 Å². The van der Waals surface area contributed by atoms with E-state index in [-0.39, 0.29) is 5.78 Å². The van der Waals surface area contributed by atoms with Gasteiger partial charge in [-0.3, -0.25) is 4.79 Å². The third-order valence-corrected chi connectivity index (χ3v) is 3.83. The molecule has 1 aliphatic rings. The molecule has 0 saturated heterocycles. The van der Waals surface area contributed by atoms with E-state index in [0.29, 0.717) is 16.5 Å². The number of carbonyl (C=O) groups is 1. The van der Waals surface area contributed by atoms with E-state index in [9.17, 15) is 4.79 Å². The van der Waals surface area contributed by atoms with Crippen molar-refractivity contribution in [2.75, 3.05) is 0 Å². The summed E-state index contributed by atoms with van der Waals surface area (Å²) < 4.78 is 0. The number of halogens is 2. The van der Waals surface area contributed by atoms with Crippen LogP contribution in [0.15, 0.2) is 36.4 Å². The van der Waals surface area contributed by atoms with Crippen LogP contribution in [0.2, 0.25) is 10.0 Å². The van der Waals surface area contributed by atoms with E-state index in [1.165, 1.54) is 0 Å². The van der Waals surface area contributed by atoms with Crippen molar-refractivity contribution in [1.29, 1.82) is 0 Å². The Hall–Kier alpha value is -1.31. The van der Waals surface area contributed by atoms with Crippen LogP contribution in [0.4, 0.5) is 0 Å². The lowest BCUT2D eigenvalue weighted by atomic mass is 10.0. The molecule has 1 nitrogen and oxygen atoms in total. The lowest BCUT2D eigenvalue weighted by molar-refractivity contribution is 0.0994. The maximum Gasteiger partial charge on any atom is 0.163 e. The highest BCUT2D eigenvalue weighted by atomic mass is 35.5. The summed E-state index contributed by atoms with van der Waals surface area (Å²) in [6.07, 6.45) is 1.43. The van der Waals surface area contributed by atoms with Crippen LogP contribution < -0.4 is 0 Å². The molecule has 90 valence electrons. The second kappa shape index (κ2) is 4.42. The highest BCUT2D eigenvalue weighted by Crippen LogP contribution is 2.33. The summed E-state index contributed by atoms with van der Waals surface area (Å²) in [6, 6.07) is 11.3. The number of aryl methyl sites for hydroxylation is 1. The van der Waals surface area contributed by atoms with Crippen LogP contribution in [-0.4, -0.2) is 5.78 Å². The molecular weight excluding hydrogens is 267 g/mol. The van der Waals surface area contributed by atoms with Crippen LogP contribution in [0.3, 0.4) is 0 Å². The third kappa shape index (κ3) is 1.94. The Bertz CT molecular complexity index is 647. The number of Topliss-reactive ketones (excluding diaryl/α,β-unsaturated/α-hetero) is 1. The van der Waals surface area contributed by atoms with Gasteiger partial charge in [-0.2, -0.15) is 0 Å². The molecule has 0 heterocycles. The second-order valence-corrected chi connectivity index (χ2v) is 5.26. The standard InChI is InChI=1S/C15H10Cl2O/c16-11-3-5-14(17)13(8-11)10-1-4-12-9(7-10)2-6-15(12)18/h1,3-5,7-8H,2,6H2. The molecule has 0 spiro atoms. The highest BCUT2D eigenvalue weighted by molar-refractivity contribution is 6.35. The molecule has 1 aliphatic carbocycles. The first-order valence-corrected chi connectivity index (χ1v) is 6.52. The van der Waals surface area contributed by atoms with Gasteiger partial charge < -0.3 is 0 Å². The Morgan fingerprint density at radius 3 is 2.56 bits per heavy atom. The topological polar surface area (TPSA) is 17.1 Å². The quantitative estimate of drug-likeness (QED) is 0.732. The lowest BCUT2D eigenvalue weighted by Gasteiger charge is -2.07. The molecule has 0 amide bonds. The average Bonchev–Trinajstić information content (AvgIpc) is 2.74. The van der Waals surface area contributed by atoms with E-state index in [0.717, 1.165) is 28.7 Å². The van der Waals surface area contributed by atoms with Crippen LogP contribution in [0, 0.1) is 0 Å². The summed E-state index contributed by atoms with van der Waals surface area (Å²) in [5, 5.41) is 1.33. The van der Waals surface area contributed by atoms with Gasteiger partial charge in [0.15, 0.2) is 5.78 Å². The van der Waals surface area contributed by atoms with Crippen molar-refractivity contribution in [1.82, 2.24) is 0 Å². The van der Waals surface area contributed by atoms with Gasteiger partial charge in [-0.15, -0.1) is 0 Å². The van der Waals surface area contributed by atoms with Crippen LogP contribution in [0.1, 0.15) is 22.3 Å². The Morgan fingerprint density at radius 1 is 0.889 bits per heavy atom. The van der Waals surface area contributed by atoms with Crippen LogP contribution in [0.5, 0.6) is 0 Å². The third-order valence-electron chi connectivity index (χ3n) is 3.27. The normalized spacial score (nSPS) is 13.8. The number of carbonyl (C=O) groups excluding carboxylic acids is 1. The minimum Gasteiger partial charge on any atom is -0.294 e. The predicted molar refractivity (Wildman–Crippen MR) is 74.5 cm³/mol. The Kier molecular flexibility index (Phi) is 2.89. The minimum absolute atomic E-state index is 0.230. The van der Waals surface area contributed by atoms with E-state index in [1.807, 2.05) is 24.3 Å². The summed E-state index contributed by atoms with van der Waals surface area (Å²) in [6.45, 7) is 0. The van der Waals surface area contributed by atoms with Crippen molar-refractivity contribution in [3.05, 3.63) is 57.6 Å². The molecule has 0 bridgehead atoms. The van der Waals surface area contributed by atoms with Gasteiger partial charge in [0.2, 0.25) is 0 Å². The van der Waals surface area contributed by atoms with Crippen molar-refractivity contribution in [2.24, 2.45) is 0 Å². The number of benzene rings is 2. The van der Waals surface area contributed by atoms with Crippen LogP contribution in [-0.2, 0) is 6.42 Å². The first kappa shape index (κ1) is 11.8. The maximum atomic E-state index is 11.6. The van der Waals surface area contributed by atoms with Crippen molar-refractivity contribution < 1.29 is 4.79 Å². The predicted octanol–water partition coefficient (Wildman–Crippen LogP) is 4.79. The second-order valence-electron chi connectivity index (χ2n) is 4.42. The molecule has 0 atom stereocenters. The van der Waals surface area contributed by atoms with Crippen molar-refractivity contribution in [2.45, 2.75) is 12.8 Å². The zero-order valence-electron chi connectivity index (χ0n) is 9.54. The monoisotopic (exact) mass is 276 g/mol. The van der Waals surface area contributed by atoms with Gasteiger partial charge in [0.1, 0.15) is 0 Å². The fourth-order valence-electron chi connectivity index (χ4n) is 2.34. The lowest BCUT2D eigenvalue weighted by Crippen LogP contribution is -1.91. The average molecular weight is 277 g/mol. The fraction of sp³-hybridized carbons (Fsp3) is 0.133. The van der Waals surface area contributed by atoms with E-state index in [1.54, 1.807) is 12.1 Å². The summed E-state index contributed by atoms with van der Waals surface area (Å²) in [5.41, 5.74) is 3.87. The molecule has 0 radical (unpaired) electrons. The Balaban J connectivity index is 2.13. The van der Waals surface area contributed by atoms with Gasteiger partial charge in [-0.25, -0.2) is 0 Å². The van der Waals surface area contributed by atoms with E-state index < -0.39 is 0 Å².